The highest BCUT2D eigenvalue weighted by Gasteiger charge is 2.32. The summed E-state index contributed by atoms with van der Waals surface area (Å²) in [6, 6.07) is -0.441. The summed E-state index contributed by atoms with van der Waals surface area (Å²) in [6.07, 6.45) is 1.06. The molecule has 0 saturated heterocycles. The summed E-state index contributed by atoms with van der Waals surface area (Å²) >= 11 is 0. The predicted octanol–water partition coefficient (Wildman–Crippen LogP) is 3.78. The smallest absolute Gasteiger partial charge is 0.228 e. The molecule has 0 aliphatic carbocycles. The van der Waals surface area contributed by atoms with E-state index in [0.717, 1.165) is 0 Å². The molecule has 0 bridgehead atoms. The van der Waals surface area contributed by atoms with Crippen LogP contribution in [0.15, 0.2) is 0 Å². The maximum Gasteiger partial charge on any atom is 0.228 e. The molecule has 0 aliphatic rings. The second-order valence-corrected chi connectivity index (χ2v) is 11.1. The molecule has 35 heavy (non-hydrogen) atoms. The second-order valence-electron chi connectivity index (χ2n) is 11.1. The van der Waals surface area contributed by atoms with Crippen molar-refractivity contribution >= 4 is 23.3 Å². The first kappa shape index (κ1) is 33.4. The lowest BCUT2D eigenvalue weighted by Crippen LogP contribution is -2.49. The average molecular weight is 500 g/mol. The summed E-state index contributed by atoms with van der Waals surface area (Å²) in [6.45, 7) is 17.7. The van der Waals surface area contributed by atoms with Crippen LogP contribution in [0.5, 0.6) is 0 Å². The predicted molar refractivity (Wildman–Crippen MR) is 136 cm³/mol. The van der Waals surface area contributed by atoms with Gasteiger partial charge in [0.25, 0.3) is 0 Å². The van der Waals surface area contributed by atoms with Gasteiger partial charge in [0.1, 0.15) is 17.3 Å². The summed E-state index contributed by atoms with van der Waals surface area (Å²) < 4.78 is 17.1. The first-order chi connectivity index (χ1) is 16.1. The van der Waals surface area contributed by atoms with Crippen LogP contribution in [0.2, 0.25) is 0 Å². The van der Waals surface area contributed by atoms with Gasteiger partial charge in [-0.2, -0.15) is 0 Å². The molecule has 0 fully saturated rings. The van der Waals surface area contributed by atoms with Crippen LogP contribution in [0.3, 0.4) is 0 Å². The molecule has 8 heteroatoms. The largest absolute Gasteiger partial charge is 0.379 e. The third-order valence-corrected chi connectivity index (χ3v) is 5.86. The standard InChI is InChI=1S/C27H49NO7/c1-10-24(31)26(6,7)17-35-18-27(8,9)25(32)28-21(15-33-13-11-22(29)19(2)3)16-34-14-12-23(30)20(4)5/h19-21H,10-18H2,1-9H3,(H,28,32). The molecule has 0 aromatic heterocycles. The molecule has 0 atom stereocenters. The molecule has 0 saturated carbocycles. The number of ketones is 3. The average Bonchev–Trinajstić information content (AvgIpc) is 2.77. The molecule has 0 aromatic rings. The number of carbonyl (C=O) groups excluding carboxylic acids is 4. The third kappa shape index (κ3) is 13.9. The van der Waals surface area contributed by atoms with Gasteiger partial charge in [0.15, 0.2) is 0 Å². The van der Waals surface area contributed by atoms with Gasteiger partial charge in [0.2, 0.25) is 5.91 Å². The number of nitrogens with one attached hydrogen (secondary N) is 1. The van der Waals surface area contributed by atoms with E-state index in [4.69, 9.17) is 14.2 Å². The van der Waals surface area contributed by atoms with Crippen molar-refractivity contribution in [3.63, 3.8) is 0 Å². The Bertz CT molecular complexity index is 655. The first-order valence-electron chi connectivity index (χ1n) is 12.8. The number of carbonyl (C=O) groups is 4. The van der Waals surface area contributed by atoms with Crippen molar-refractivity contribution in [3.05, 3.63) is 0 Å². The lowest BCUT2D eigenvalue weighted by atomic mass is 9.87. The van der Waals surface area contributed by atoms with Gasteiger partial charge >= 0.3 is 0 Å². The van der Waals surface area contributed by atoms with Crippen molar-refractivity contribution in [1.29, 1.82) is 0 Å². The van der Waals surface area contributed by atoms with Crippen LogP contribution < -0.4 is 5.32 Å². The van der Waals surface area contributed by atoms with Crippen LogP contribution in [0.25, 0.3) is 0 Å². The molecule has 0 unspecified atom stereocenters. The Morgan fingerprint density at radius 1 is 0.714 bits per heavy atom. The summed E-state index contributed by atoms with van der Waals surface area (Å²) in [5, 5.41) is 2.95. The first-order valence-corrected chi connectivity index (χ1v) is 12.8. The Balaban J connectivity index is 4.89. The molecule has 0 radical (unpaired) electrons. The van der Waals surface area contributed by atoms with Gasteiger partial charge in [0, 0.05) is 36.5 Å². The number of amides is 1. The van der Waals surface area contributed by atoms with Gasteiger partial charge in [-0.25, -0.2) is 0 Å². The van der Waals surface area contributed by atoms with Gasteiger partial charge in [-0.1, -0.05) is 48.5 Å². The molecule has 204 valence electrons. The van der Waals surface area contributed by atoms with Gasteiger partial charge in [0.05, 0.1) is 51.1 Å². The molecular formula is C27H49NO7. The number of hydrogen-bond donors (Lipinski definition) is 1. The van der Waals surface area contributed by atoms with E-state index >= 15 is 0 Å². The maximum atomic E-state index is 13.0. The Kier molecular flexibility index (Phi) is 15.4. The van der Waals surface area contributed by atoms with Crippen LogP contribution in [-0.4, -0.2) is 68.9 Å². The molecule has 1 N–H and O–H groups in total. The minimum Gasteiger partial charge on any atom is -0.379 e. The van der Waals surface area contributed by atoms with Crippen LogP contribution >= 0.6 is 0 Å². The maximum absolute atomic E-state index is 13.0. The second kappa shape index (κ2) is 16.2. The lowest BCUT2D eigenvalue weighted by molar-refractivity contribution is -0.137. The molecule has 0 spiro atoms. The quantitative estimate of drug-likeness (QED) is 0.254. The summed E-state index contributed by atoms with van der Waals surface area (Å²) in [7, 11) is 0. The van der Waals surface area contributed by atoms with E-state index in [0.29, 0.717) is 19.3 Å². The normalized spacial score (nSPS) is 12.5. The lowest BCUT2D eigenvalue weighted by Gasteiger charge is -2.29. The highest BCUT2D eigenvalue weighted by atomic mass is 16.5. The fraction of sp³-hybridized carbons (Fsp3) is 0.852. The number of ether oxygens (including phenoxy) is 3. The molecule has 0 heterocycles. The fourth-order valence-corrected chi connectivity index (χ4v) is 3.07. The van der Waals surface area contributed by atoms with E-state index in [2.05, 4.69) is 5.32 Å². The topological polar surface area (TPSA) is 108 Å². The van der Waals surface area contributed by atoms with Gasteiger partial charge in [-0.05, 0) is 13.8 Å². The van der Waals surface area contributed by atoms with Crippen molar-refractivity contribution in [1.82, 2.24) is 5.32 Å². The van der Waals surface area contributed by atoms with E-state index in [1.165, 1.54) is 0 Å². The summed E-state index contributed by atoms with van der Waals surface area (Å²) in [4.78, 5) is 48.7. The number of Topliss-reactive ketones (excluding diaryl/α,β-unsaturated/α-hetero) is 3. The Morgan fingerprint density at radius 2 is 1.14 bits per heavy atom. The summed E-state index contributed by atoms with van der Waals surface area (Å²) in [5.74, 6) is 0.0316. The minimum absolute atomic E-state index is 0.0469. The van der Waals surface area contributed by atoms with E-state index in [-0.39, 0.29) is 74.7 Å². The zero-order valence-corrected chi connectivity index (χ0v) is 23.5. The van der Waals surface area contributed by atoms with Gasteiger partial charge in [-0.3, -0.25) is 19.2 Å². The molecule has 8 nitrogen and oxygen atoms in total. The highest BCUT2D eigenvalue weighted by Crippen LogP contribution is 2.22. The molecular weight excluding hydrogens is 450 g/mol. The van der Waals surface area contributed by atoms with Crippen molar-refractivity contribution in [2.45, 2.75) is 87.6 Å². The van der Waals surface area contributed by atoms with Gasteiger partial charge < -0.3 is 19.5 Å². The molecule has 1 amide bonds. The summed E-state index contributed by atoms with van der Waals surface area (Å²) in [5.41, 5.74) is -1.45. The van der Waals surface area contributed by atoms with E-state index in [1.54, 1.807) is 13.8 Å². The van der Waals surface area contributed by atoms with Crippen molar-refractivity contribution in [3.8, 4) is 0 Å². The third-order valence-electron chi connectivity index (χ3n) is 5.86. The highest BCUT2D eigenvalue weighted by molar-refractivity contribution is 5.84. The molecule has 0 aliphatic heterocycles. The SMILES string of the molecule is CCC(=O)C(C)(C)COCC(C)(C)C(=O)NC(COCCC(=O)C(C)C)COCCC(=O)C(C)C. The Hall–Kier alpha value is -1.64. The van der Waals surface area contributed by atoms with Crippen LogP contribution in [0.4, 0.5) is 0 Å². The van der Waals surface area contributed by atoms with E-state index in [1.807, 2.05) is 48.5 Å². The van der Waals surface area contributed by atoms with Crippen molar-refractivity contribution in [2.24, 2.45) is 22.7 Å². The Labute approximate surface area is 212 Å². The van der Waals surface area contributed by atoms with Crippen LogP contribution in [-0.2, 0) is 33.4 Å². The van der Waals surface area contributed by atoms with Crippen LogP contribution in [0.1, 0.15) is 81.6 Å². The number of hydrogen-bond acceptors (Lipinski definition) is 7. The zero-order valence-electron chi connectivity index (χ0n) is 23.5. The minimum atomic E-state index is -0.842. The van der Waals surface area contributed by atoms with E-state index in [9.17, 15) is 19.2 Å². The monoisotopic (exact) mass is 499 g/mol. The fourth-order valence-electron chi connectivity index (χ4n) is 3.07. The van der Waals surface area contributed by atoms with Crippen molar-refractivity contribution < 1.29 is 33.4 Å². The zero-order chi connectivity index (χ0) is 27.2. The van der Waals surface area contributed by atoms with E-state index < -0.39 is 16.9 Å². The van der Waals surface area contributed by atoms with Crippen LogP contribution in [0, 0.1) is 22.7 Å². The van der Waals surface area contributed by atoms with Crippen molar-refractivity contribution in [2.75, 3.05) is 39.6 Å². The van der Waals surface area contributed by atoms with Gasteiger partial charge in [-0.15, -0.1) is 0 Å². The molecule has 0 rings (SSSR count). The Morgan fingerprint density at radius 3 is 1.54 bits per heavy atom. The number of rotatable bonds is 20. The molecule has 0 aromatic carbocycles.